The summed E-state index contributed by atoms with van der Waals surface area (Å²) in [5.41, 5.74) is 0.456. The molecule has 0 fully saturated rings. The molecule has 0 atom stereocenters. The maximum Gasteiger partial charge on any atom is 0.289 e. The fraction of sp³-hybridized carbons (Fsp3) is 0.143. The maximum absolute atomic E-state index is 11.0. The molecule has 0 bridgehead atoms. The molecule has 7 nitrogen and oxygen atoms in total. The molecule has 2 rings (SSSR count). The second kappa shape index (κ2) is 7.41. The Morgan fingerprint density at radius 2 is 1.50 bits per heavy atom. The van der Waals surface area contributed by atoms with Crippen molar-refractivity contribution >= 4 is 28.8 Å². The summed E-state index contributed by atoms with van der Waals surface area (Å²) >= 11 is 1.10. The van der Waals surface area contributed by atoms with Crippen LogP contribution in [0.4, 0.5) is 17.1 Å². The minimum atomic E-state index is -0.597. The molecule has 8 heteroatoms. The lowest BCUT2D eigenvalue weighted by molar-refractivity contribution is -0.399. The number of nitrogens with zero attached hydrogens (tertiary/aromatic N) is 2. The van der Waals surface area contributed by atoms with Crippen LogP contribution in [0.5, 0.6) is 0 Å². The average molecular weight is 319 g/mol. The summed E-state index contributed by atoms with van der Waals surface area (Å²) in [6, 6.07) is 13.4. The van der Waals surface area contributed by atoms with Crippen molar-refractivity contribution in [3.63, 3.8) is 0 Å². The molecule has 114 valence electrons. The van der Waals surface area contributed by atoms with Crippen LogP contribution in [0.3, 0.4) is 0 Å². The van der Waals surface area contributed by atoms with Gasteiger partial charge in [-0.05, 0) is 18.2 Å². The Kier molecular flexibility index (Phi) is 5.31. The number of thioether (sulfide) groups is 1. The van der Waals surface area contributed by atoms with Crippen molar-refractivity contribution in [1.29, 1.82) is 0 Å². The topological polar surface area (TPSA) is 98.3 Å². The van der Waals surface area contributed by atoms with Crippen LogP contribution in [0.1, 0.15) is 0 Å². The molecular formula is C14H13N3O4S. The van der Waals surface area contributed by atoms with Crippen LogP contribution in [0.15, 0.2) is 53.4 Å². The normalized spacial score (nSPS) is 10.2. The minimum absolute atomic E-state index is 0.0901. The van der Waals surface area contributed by atoms with Gasteiger partial charge in [0.15, 0.2) is 4.90 Å². The van der Waals surface area contributed by atoms with E-state index in [1.807, 2.05) is 30.3 Å². The molecule has 0 aliphatic carbocycles. The predicted octanol–water partition coefficient (Wildman–Crippen LogP) is 3.71. The van der Waals surface area contributed by atoms with Crippen LogP contribution in [0.25, 0.3) is 0 Å². The fourth-order valence-corrected chi connectivity index (χ4v) is 2.84. The number of benzene rings is 2. The molecule has 0 radical (unpaired) electrons. The number of nitro groups is 2. The van der Waals surface area contributed by atoms with Crippen LogP contribution in [-0.2, 0) is 0 Å². The maximum atomic E-state index is 11.0. The van der Waals surface area contributed by atoms with E-state index in [0.717, 1.165) is 17.4 Å². The van der Waals surface area contributed by atoms with Gasteiger partial charge in [0.25, 0.3) is 11.4 Å². The van der Waals surface area contributed by atoms with Gasteiger partial charge in [0.1, 0.15) is 0 Å². The van der Waals surface area contributed by atoms with Gasteiger partial charge >= 0.3 is 0 Å². The van der Waals surface area contributed by atoms with E-state index < -0.39 is 9.85 Å². The summed E-state index contributed by atoms with van der Waals surface area (Å²) in [4.78, 5) is 20.9. The van der Waals surface area contributed by atoms with E-state index in [0.29, 0.717) is 12.3 Å². The molecule has 0 aromatic heterocycles. The first kappa shape index (κ1) is 15.8. The van der Waals surface area contributed by atoms with Crippen LogP contribution >= 0.6 is 11.8 Å². The lowest BCUT2D eigenvalue weighted by Gasteiger charge is -2.06. The monoisotopic (exact) mass is 319 g/mol. The van der Waals surface area contributed by atoms with Gasteiger partial charge in [-0.1, -0.05) is 18.2 Å². The molecule has 0 aliphatic heterocycles. The van der Waals surface area contributed by atoms with E-state index in [9.17, 15) is 20.2 Å². The number of hydrogen-bond acceptors (Lipinski definition) is 6. The van der Waals surface area contributed by atoms with Crippen molar-refractivity contribution in [2.45, 2.75) is 4.90 Å². The lowest BCUT2D eigenvalue weighted by atomic mass is 10.3. The highest BCUT2D eigenvalue weighted by atomic mass is 32.2. The number of hydrogen-bond donors (Lipinski definition) is 1. The Morgan fingerprint density at radius 3 is 2.05 bits per heavy atom. The van der Waals surface area contributed by atoms with Gasteiger partial charge in [0.2, 0.25) is 0 Å². The van der Waals surface area contributed by atoms with Crippen LogP contribution in [0, 0.1) is 20.2 Å². The van der Waals surface area contributed by atoms with Gasteiger partial charge in [-0.25, -0.2) is 0 Å². The van der Waals surface area contributed by atoms with Crippen molar-refractivity contribution in [1.82, 2.24) is 0 Å². The first-order valence-corrected chi connectivity index (χ1v) is 7.41. The van der Waals surface area contributed by atoms with Crippen molar-refractivity contribution in [3.8, 4) is 0 Å². The van der Waals surface area contributed by atoms with E-state index in [-0.39, 0.29) is 16.3 Å². The van der Waals surface area contributed by atoms with E-state index in [1.165, 1.54) is 18.2 Å². The molecule has 2 aromatic rings. The lowest BCUT2D eigenvalue weighted by Crippen LogP contribution is -2.04. The number of nitro benzene ring substituents is 2. The largest absolute Gasteiger partial charge is 0.384 e. The van der Waals surface area contributed by atoms with Gasteiger partial charge in [-0.15, -0.1) is 11.8 Å². The number of anilines is 1. The first-order valence-electron chi connectivity index (χ1n) is 6.43. The third kappa shape index (κ3) is 3.95. The SMILES string of the molecule is O=[N+]([O-])c1cccc([N+](=O)[O-])c1SCCNc1ccccc1. The standard InChI is InChI=1S/C14H13N3O4S/c18-16(19)12-7-4-8-13(17(20)21)14(12)22-10-9-15-11-5-2-1-3-6-11/h1-8,15H,9-10H2. The summed E-state index contributed by atoms with van der Waals surface area (Å²) < 4.78 is 0. The second-order valence-electron chi connectivity index (χ2n) is 4.28. The van der Waals surface area contributed by atoms with Gasteiger partial charge < -0.3 is 5.32 Å². The highest BCUT2D eigenvalue weighted by molar-refractivity contribution is 7.99. The molecule has 0 spiro atoms. The van der Waals surface area contributed by atoms with Crippen molar-refractivity contribution in [2.75, 3.05) is 17.6 Å². The Balaban J connectivity index is 2.05. The minimum Gasteiger partial charge on any atom is -0.384 e. The fourth-order valence-electron chi connectivity index (χ4n) is 1.85. The summed E-state index contributed by atoms with van der Waals surface area (Å²) in [6.45, 7) is 0.540. The van der Waals surface area contributed by atoms with E-state index >= 15 is 0 Å². The molecular weight excluding hydrogens is 306 g/mol. The molecule has 2 aromatic carbocycles. The van der Waals surface area contributed by atoms with Gasteiger partial charge in [-0.2, -0.15) is 0 Å². The summed E-state index contributed by atoms with van der Waals surface area (Å²) in [6.07, 6.45) is 0. The molecule has 0 saturated heterocycles. The summed E-state index contributed by atoms with van der Waals surface area (Å²) in [5, 5.41) is 25.2. The summed E-state index contributed by atoms with van der Waals surface area (Å²) in [5.74, 6) is 0.473. The summed E-state index contributed by atoms with van der Waals surface area (Å²) in [7, 11) is 0. The first-order chi connectivity index (χ1) is 10.6. The smallest absolute Gasteiger partial charge is 0.289 e. The predicted molar refractivity (Wildman–Crippen MR) is 85.4 cm³/mol. The Bertz CT molecular complexity index is 647. The molecule has 0 aliphatic rings. The number of para-hydroxylation sites is 1. The number of rotatable bonds is 7. The van der Waals surface area contributed by atoms with E-state index in [2.05, 4.69) is 5.32 Å². The molecule has 1 N–H and O–H groups in total. The third-order valence-corrected chi connectivity index (χ3v) is 3.93. The van der Waals surface area contributed by atoms with E-state index in [4.69, 9.17) is 0 Å². The van der Waals surface area contributed by atoms with Crippen LogP contribution in [0.2, 0.25) is 0 Å². The van der Waals surface area contributed by atoms with Gasteiger partial charge in [0, 0.05) is 30.1 Å². The Morgan fingerprint density at radius 1 is 0.909 bits per heavy atom. The average Bonchev–Trinajstić information content (AvgIpc) is 2.52. The zero-order valence-corrected chi connectivity index (χ0v) is 12.3. The van der Waals surface area contributed by atoms with Crippen molar-refractivity contribution in [3.05, 3.63) is 68.8 Å². The van der Waals surface area contributed by atoms with Crippen LogP contribution < -0.4 is 5.32 Å². The highest BCUT2D eigenvalue weighted by Gasteiger charge is 2.24. The zero-order valence-electron chi connectivity index (χ0n) is 11.5. The second-order valence-corrected chi connectivity index (χ2v) is 5.39. The molecule has 0 unspecified atom stereocenters. The van der Waals surface area contributed by atoms with E-state index in [1.54, 1.807) is 0 Å². The van der Waals surface area contributed by atoms with Crippen LogP contribution in [-0.4, -0.2) is 22.1 Å². The molecule has 0 amide bonds. The number of nitrogens with one attached hydrogen (secondary N) is 1. The van der Waals surface area contributed by atoms with Crippen molar-refractivity contribution < 1.29 is 9.85 Å². The highest BCUT2D eigenvalue weighted by Crippen LogP contribution is 2.36. The molecule has 0 saturated carbocycles. The van der Waals surface area contributed by atoms with Gasteiger partial charge in [-0.3, -0.25) is 20.2 Å². The van der Waals surface area contributed by atoms with Crippen molar-refractivity contribution in [2.24, 2.45) is 0 Å². The third-order valence-electron chi connectivity index (χ3n) is 2.82. The molecule has 22 heavy (non-hydrogen) atoms. The Labute approximate surface area is 130 Å². The van der Waals surface area contributed by atoms with Gasteiger partial charge in [0.05, 0.1) is 9.85 Å². The zero-order chi connectivity index (χ0) is 15.9. The molecule has 0 heterocycles. The quantitative estimate of drug-likeness (QED) is 0.361. The Hall–Kier alpha value is -2.61.